The van der Waals surface area contributed by atoms with Gasteiger partial charge in [-0.2, -0.15) is 0 Å². The fourth-order valence-corrected chi connectivity index (χ4v) is 1.58. The molecule has 0 amide bonds. The first-order chi connectivity index (χ1) is 7.33. The summed E-state index contributed by atoms with van der Waals surface area (Å²) in [4.78, 5) is 0. The zero-order valence-corrected chi connectivity index (χ0v) is 8.90. The maximum absolute atomic E-state index is 9.03. The molecule has 0 radical (unpaired) electrons. The Kier molecular flexibility index (Phi) is 3.11. The van der Waals surface area contributed by atoms with Crippen molar-refractivity contribution in [3.63, 3.8) is 0 Å². The molecule has 1 fully saturated rings. The van der Waals surface area contributed by atoms with Gasteiger partial charge in [0.1, 0.15) is 0 Å². The molecule has 0 bridgehead atoms. The van der Waals surface area contributed by atoms with Crippen LogP contribution in [0.2, 0.25) is 0 Å². The van der Waals surface area contributed by atoms with Crippen molar-refractivity contribution in [3.05, 3.63) is 23.8 Å². The minimum Gasteiger partial charge on any atom is -0.493 e. The summed E-state index contributed by atoms with van der Waals surface area (Å²) in [6.07, 6.45) is 3.80. The fourth-order valence-electron chi connectivity index (χ4n) is 1.58. The van der Waals surface area contributed by atoms with Crippen LogP contribution in [0.1, 0.15) is 24.8 Å². The molecule has 0 heterocycles. The van der Waals surface area contributed by atoms with Gasteiger partial charge in [-0.15, -0.1) is 0 Å². The molecule has 2 rings (SSSR count). The Bertz CT molecular complexity index is 332. The van der Waals surface area contributed by atoms with Gasteiger partial charge in [-0.25, -0.2) is 0 Å². The van der Waals surface area contributed by atoms with Crippen LogP contribution in [-0.4, -0.2) is 18.3 Å². The van der Waals surface area contributed by atoms with Gasteiger partial charge >= 0.3 is 0 Å². The number of methoxy groups -OCH3 is 1. The molecule has 1 aromatic carbocycles. The van der Waals surface area contributed by atoms with E-state index in [4.69, 9.17) is 14.6 Å². The zero-order chi connectivity index (χ0) is 10.7. The average molecular weight is 208 g/mol. The summed E-state index contributed by atoms with van der Waals surface area (Å²) in [5, 5.41) is 9.03. The minimum atomic E-state index is 0.0328. The average Bonchev–Trinajstić information content (AvgIpc) is 2.23. The molecule has 3 heteroatoms. The predicted octanol–water partition coefficient (Wildman–Crippen LogP) is 2.12. The van der Waals surface area contributed by atoms with Gasteiger partial charge < -0.3 is 14.6 Å². The van der Waals surface area contributed by atoms with E-state index in [-0.39, 0.29) is 6.61 Å². The lowest BCUT2D eigenvalue weighted by atomic mass is 9.96. The Morgan fingerprint density at radius 3 is 2.67 bits per heavy atom. The maximum Gasteiger partial charge on any atom is 0.161 e. The molecule has 0 unspecified atom stereocenters. The summed E-state index contributed by atoms with van der Waals surface area (Å²) in [6, 6.07) is 5.52. The molecule has 1 aliphatic carbocycles. The summed E-state index contributed by atoms with van der Waals surface area (Å²) >= 11 is 0. The summed E-state index contributed by atoms with van der Waals surface area (Å²) in [7, 11) is 1.63. The van der Waals surface area contributed by atoms with Crippen LogP contribution in [0.25, 0.3) is 0 Å². The monoisotopic (exact) mass is 208 g/mol. The van der Waals surface area contributed by atoms with Crippen molar-refractivity contribution in [3.8, 4) is 11.5 Å². The van der Waals surface area contributed by atoms with E-state index < -0.39 is 0 Å². The number of rotatable bonds is 4. The van der Waals surface area contributed by atoms with Gasteiger partial charge in [-0.3, -0.25) is 0 Å². The van der Waals surface area contributed by atoms with Gasteiger partial charge in [0.25, 0.3) is 0 Å². The van der Waals surface area contributed by atoms with Crippen molar-refractivity contribution in [1.29, 1.82) is 0 Å². The second-order valence-electron chi connectivity index (χ2n) is 3.81. The van der Waals surface area contributed by atoms with Crippen molar-refractivity contribution >= 4 is 0 Å². The molecule has 0 saturated heterocycles. The minimum absolute atomic E-state index is 0.0328. The molecule has 3 nitrogen and oxygen atoms in total. The summed E-state index contributed by atoms with van der Waals surface area (Å²) < 4.78 is 11.0. The molecule has 0 aliphatic heterocycles. The Labute approximate surface area is 89.6 Å². The highest BCUT2D eigenvalue weighted by Gasteiger charge is 2.20. The van der Waals surface area contributed by atoms with Crippen molar-refractivity contribution in [2.75, 3.05) is 7.11 Å². The first-order valence-corrected chi connectivity index (χ1v) is 5.28. The summed E-state index contributed by atoms with van der Waals surface area (Å²) in [5.41, 5.74) is 0.852. The van der Waals surface area contributed by atoms with E-state index in [9.17, 15) is 0 Å². The smallest absolute Gasteiger partial charge is 0.161 e. The highest BCUT2D eigenvalue weighted by molar-refractivity contribution is 5.43. The van der Waals surface area contributed by atoms with Gasteiger partial charge in [-0.1, -0.05) is 6.07 Å². The maximum atomic E-state index is 9.03. The van der Waals surface area contributed by atoms with Gasteiger partial charge in [0, 0.05) is 0 Å². The van der Waals surface area contributed by atoms with Crippen molar-refractivity contribution < 1.29 is 14.6 Å². The lowest BCUT2D eigenvalue weighted by molar-refractivity contribution is 0.115. The van der Waals surface area contributed by atoms with Crippen LogP contribution in [0.15, 0.2) is 18.2 Å². The molecular formula is C12H16O3. The second kappa shape index (κ2) is 4.53. The number of hydrogen-bond donors (Lipinski definition) is 1. The van der Waals surface area contributed by atoms with Crippen LogP contribution in [-0.2, 0) is 6.61 Å². The predicted molar refractivity (Wildman–Crippen MR) is 57.2 cm³/mol. The largest absolute Gasteiger partial charge is 0.493 e. The zero-order valence-electron chi connectivity index (χ0n) is 8.90. The van der Waals surface area contributed by atoms with Crippen molar-refractivity contribution in [2.45, 2.75) is 32.0 Å². The first-order valence-electron chi connectivity index (χ1n) is 5.28. The van der Waals surface area contributed by atoms with Gasteiger partial charge in [-0.05, 0) is 37.0 Å². The van der Waals surface area contributed by atoms with Gasteiger partial charge in [0.05, 0.1) is 19.8 Å². The van der Waals surface area contributed by atoms with Crippen LogP contribution in [0, 0.1) is 0 Å². The van der Waals surface area contributed by atoms with Gasteiger partial charge in [0.15, 0.2) is 11.5 Å². The Morgan fingerprint density at radius 1 is 1.33 bits per heavy atom. The van der Waals surface area contributed by atoms with Crippen molar-refractivity contribution in [1.82, 2.24) is 0 Å². The third-order valence-corrected chi connectivity index (χ3v) is 2.76. The molecule has 1 aromatic rings. The molecule has 1 saturated carbocycles. The van der Waals surface area contributed by atoms with Crippen LogP contribution >= 0.6 is 0 Å². The highest BCUT2D eigenvalue weighted by Crippen LogP contribution is 2.32. The van der Waals surface area contributed by atoms with Crippen LogP contribution < -0.4 is 9.47 Å². The molecule has 1 aliphatic rings. The molecule has 0 aromatic heterocycles. The standard InChI is InChI=1S/C12H16O3/c1-14-11-6-5-9(8-13)7-12(11)15-10-3-2-4-10/h5-7,10,13H,2-4,8H2,1H3. The quantitative estimate of drug-likeness (QED) is 0.823. The lowest BCUT2D eigenvalue weighted by Gasteiger charge is -2.27. The number of aliphatic hydroxyl groups is 1. The van der Waals surface area contributed by atoms with E-state index in [1.54, 1.807) is 7.11 Å². The summed E-state index contributed by atoms with van der Waals surface area (Å²) in [5.74, 6) is 1.48. The first kappa shape index (κ1) is 10.3. The lowest BCUT2D eigenvalue weighted by Crippen LogP contribution is -2.24. The van der Waals surface area contributed by atoms with E-state index in [1.165, 1.54) is 6.42 Å². The number of benzene rings is 1. The van der Waals surface area contributed by atoms with Gasteiger partial charge in [0.2, 0.25) is 0 Å². The number of ether oxygens (including phenoxy) is 2. The third kappa shape index (κ3) is 2.23. The Balaban J connectivity index is 2.16. The topological polar surface area (TPSA) is 38.7 Å². The van der Waals surface area contributed by atoms with E-state index in [0.29, 0.717) is 6.10 Å². The van der Waals surface area contributed by atoms with Crippen molar-refractivity contribution in [2.24, 2.45) is 0 Å². The third-order valence-electron chi connectivity index (χ3n) is 2.76. The number of hydrogen-bond acceptors (Lipinski definition) is 3. The van der Waals surface area contributed by atoms with E-state index in [1.807, 2.05) is 18.2 Å². The fraction of sp³-hybridized carbons (Fsp3) is 0.500. The van der Waals surface area contributed by atoms with E-state index >= 15 is 0 Å². The van der Waals surface area contributed by atoms with Crippen LogP contribution in [0.5, 0.6) is 11.5 Å². The van der Waals surface area contributed by atoms with Crippen LogP contribution in [0.4, 0.5) is 0 Å². The molecular weight excluding hydrogens is 192 g/mol. The SMILES string of the molecule is COc1ccc(CO)cc1OC1CCC1. The Hall–Kier alpha value is -1.22. The van der Waals surface area contributed by atoms with E-state index in [0.717, 1.165) is 29.9 Å². The molecule has 1 N–H and O–H groups in total. The molecule has 82 valence electrons. The highest BCUT2D eigenvalue weighted by atomic mass is 16.5. The van der Waals surface area contributed by atoms with E-state index in [2.05, 4.69) is 0 Å². The molecule has 0 spiro atoms. The molecule has 0 atom stereocenters. The summed E-state index contributed by atoms with van der Waals surface area (Å²) in [6.45, 7) is 0.0328. The number of aliphatic hydroxyl groups excluding tert-OH is 1. The second-order valence-corrected chi connectivity index (χ2v) is 3.81. The normalized spacial score (nSPS) is 15.9. The molecule has 15 heavy (non-hydrogen) atoms. The van der Waals surface area contributed by atoms with Crippen LogP contribution in [0.3, 0.4) is 0 Å². The Morgan fingerprint density at radius 2 is 2.13 bits per heavy atom.